The first-order valence-corrected chi connectivity index (χ1v) is 5.93. The average Bonchev–Trinajstić information content (AvgIpc) is 2.33. The van der Waals surface area contributed by atoms with E-state index in [0.717, 1.165) is 36.7 Å². The molecule has 0 aliphatic rings. The summed E-state index contributed by atoms with van der Waals surface area (Å²) in [6, 6.07) is 4.25. The van der Waals surface area contributed by atoms with Gasteiger partial charge in [-0.05, 0) is 13.3 Å². The molecule has 96 valence electrons. The molecule has 1 rings (SSSR count). The third-order valence-electron chi connectivity index (χ3n) is 2.65. The summed E-state index contributed by atoms with van der Waals surface area (Å²) >= 11 is 0. The smallest absolute Gasteiger partial charge is 0.122 e. The minimum absolute atomic E-state index is 0.369. The highest BCUT2D eigenvalue weighted by Crippen LogP contribution is 2.13. The lowest BCUT2D eigenvalue weighted by molar-refractivity contribution is 0.163. The van der Waals surface area contributed by atoms with E-state index in [1.807, 2.05) is 19.1 Å². The highest BCUT2D eigenvalue weighted by molar-refractivity contribution is 5.26. The molecule has 1 heterocycles. The number of nitrogens with zero attached hydrogens (tertiary/aromatic N) is 1. The zero-order valence-electron chi connectivity index (χ0n) is 11.1. The quantitative estimate of drug-likeness (QED) is 0.788. The number of hydrogen-bond acceptors (Lipinski definition) is 4. The largest absolute Gasteiger partial charge is 0.497 e. The number of hydrogen-bond donors (Lipinski definition) is 1. The van der Waals surface area contributed by atoms with Gasteiger partial charge in [0.1, 0.15) is 5.75 Å². The summed E-state index contributed by atoms with van der Waals surface area (Å²) in [7, 11) is 3.39. The zero-order chi connectivity index (χ0) is 12.7. The first kappa shape index (κ1) is 13.9. The molecule has 0 fully saturated rings. The standard InChI is InChI=1S/C13H22N2O2/c1-5-11(9-16-3)14-8-12-7-13(17-4)6-10(2)15-12/h6-7,11,14H,5,8-9H2,1-4H3. The number of aryl methyl sites for hydroxylation is 1. The van der Waals surface area contributed by atoms with Crippen molar-refractivity contribution in [3.05, 3.63) is 23.5 Å². The maximum atomic E-state index is 5.22. The lowest BCUT2D eigenvalue weighted by atomic mass is 10.2. The summed E-state index contributed by atoms with van der Waals surface area (Å²) in [5.41, 5.74) is 1.97. The predicted octanol–water partition coefficient (Wildman–Crippen LogP) is 1.91. The molecule has 0 saturated carbocycles. The second-order valence-electron chi connectivity index (χ2n) is 4.08. The van der Waals surface area contributed by atoms with Gasteiger partial charge in [-0.25, -0.2) is 0 Å². The van der Waals surface area contributed by atoms with Crippen molar-refractivity contribution >= 4 is 0 Å². The maximum Gasteiger partial charge on any atom is 0.122 e. The molecule has 4 nitrogen and oxygen atoms in total. The first-order chi connectivity index (χ1) is 8.19. The average molecular weight is 238 g/mol. The van der Waals surface area contributed by atoms with Gasteiger partial charge in [0.05, 0.1) is 19.4 Å². The van der Waals surface area contributed by atoms with Crippen molar-refractivity contribution in [2.45, 2.75) is 32.9 Å². The number of methoxy groups -OCH3 is 2. The molecule has 0 spiro atoms. The van der Waals surface area contributed by atoms with Crippen LogP contribution in [0.4, 0.5) is 0 Å². The van der Waals surface area contributed by atoms with Crippen molar-refractivity contribution in [3.8, 4) is 5.75 Å². The molecule has 1 unspecified atom stereocenters. The van der Waals surface area contributed by atoms with Crippen LogP contribution in [-0.2, 0) is 11.3 Å². The van der Waals surface area contributed by atoms with Gasteiger partial charge in [0.15, 0.2) is 0 Å². The van der Waals surface area contributed by atoms with E-state index in [1.165, 1.54) is 0 Å². The van der Waals surface area contributed by atoms with Crippen molar-refractivity contribution in [1.82, 2.24) is 10.3 Å². The molecule has 0 aliphatic heterocycles. The predicted molar refractivity (Wildman–Crippen MR) is 68.3 cm³/mol. The molecule has 17 heavy (non-hydrogen) atoms. The molecule has 1 aromatic heterocycles. The van der Waals surface area contributed by atoms with Crippen LogP contribution in [0.1, 0.15) is 24.7 Å². The minimum atomic E-state index is 0.369. The van der Waals surface area contributed by atoms with Gasteiger partial charge in [-0.15, -0.1) is 0 Å². The Kier molecular flexibility index (Phi) is 5.94. The van der Waals surface area contributed by atoms with Crippen LogP contribution in [0.2, 0.25) is 0 Å². The van der Waals surface area contributed by atoms with Crippen LogP contribution in [0.3, 0.4) is 0 Å². The molecule has 0 saturated heterocycles. The third-order valence-corrected chi connectivity index (χ3v) is 2.65. The zero-order valence-corrected chi connectivity index (χ0v) is 11.1. The van der Waals surface area contributed by atoms with Crippen molar-refractivity contribution < 1.29 is 9.47 Å². The highest BCUT2D eigenvalue weighted by Gasteiger charge is 2.06. The molecule has 0 amide bonds. The van der Waals surface area contributed by atoms with Crippen LogP contribution in [0.5, 0.6) is 5.75 Å². The van der Waals surface area contributed by atoms with Crippen molar-refractivity contribution in [2.24, 2.45) is 0 Å². The number of rotatable bonds is 7. The van der Waals surface area contributed by atoms with Crippen LogP contribution >= 0.6 is 0 Å². The normalized spacial score (nSPS) is 12.5. The number of nitrogens with one attached hydrogen (secondary N) is 1. The fourth-order valence-electron chi connectivity index (χ4n) is 1.68. The van der Waals surface area contributed by atoms with Gasteiger partial charge in [0.2, 0.25) is 0 Å². The van der Waals surface area contributed by atoms with Crippen LogP contribution in [0.25, 0.3) is 0 Å². The minimum Gasteiger partial charge on any atom is -0.497 e. The monoisotopic (exact) mass is 238 g/mol. The van der Waals surface area contributed by atoms with Crippen LogP contribution in [-0.4, -0.2) is 31.9 Å². The van der Waals surface area contributed by atoms with Gasteiger partial charge in [-0.3, -0.25) is 4.98 Å². The van der Waals surface area contributed by atoms with Crippen LogP contribution in [0, 0.1) is 6.92 Å². The Morgan fingerprint density at radius 2 is 2.12 bits per heavy atom. The molecule has 1 N–H and O–H groups in total. The van der Waals surface area contributed by atoms with E-state index in [9.17, 15) is 0 Å². The fourth-order valence-corrected chi connectivity index (χ4v) is 1.68. The van der Waals surface area contributed by atoms with E-state index in [4.69, 9.17) is 9.47 Å². The van der Waals surface area contributed by atoms with E-state index >= 15 is 0 Å². The molecule has 0 bridgehead atoms. The molecular formula is C13H22N2O2. The number of ether oxygens (including phenoxy) is 2. The SMILES string of the molecule is CCC(COC)NCc1cc(OC)cc(C)n1. The molecule has 0 aromatic carbocycles. The lowest BCUT2D eigenvalue weighted by Crippen LogP contribution is -2.32. The lowest BCUT2D eigenvalue weighted by Gasteiger charge is -2.16. The van der Waals surface area contributed by atoms with E-state index in [0.29, 0.717) is 6.04 Å². The van der Waals surface area contributed by atoms with Crippen molar-refractivity contribution in [1.29, 1.82) is 0 Å². The second-order valence-corrected chi connectivity index (χ2v) is 4.08. The molecule has 1 aromatic rings. The third kappa shape index (κ3) is 4.71. The maximum absolute atomic E-state index is 5.22. The molecule has 4 heteroatoms. The summed E-state index contributed by atoms with van der Waals surface area (Å²) in [5.74, 6) is 0.856. The Morgan fingerprint density at radius 1 is 1.35 bits per heavy atom. The summed E-state index contributed by atoms with van der Waals surface area (Å²) in [5, 5.41) is 3.42. The first-order valence-electron chi connectivity index (χ1n) is 5.93. The Hall–Kier alpha value is -1.13. The van der Waals surface area contributed by atoms with Gasteiger partial charge < -0.3 is 14.8 Å². The van der Waals surface area contributed by atoms with E-state index in [-0.39, 0.29) is 0 Å². The van der Waals surface area contributed by atoms with Gasteiger partial charge in [-0.2, -0.15) is 0 Å². The fraction of sp³-hybridized carbons (Fsp3) is 0.615. The van der Waals surface area contributed by atoms with E-state index in [1.54, 1.807) is 14.2 Å². The van der Waals surface area contributed by atoms with Crippen LogP contribution < -0.4 is 10.1 Å². The Bertz CT molecular complexity index is 342. The Labute approximate surface area is 103 Å². The summed E-state index contributed by atoms with van der Waals surface area (Å²) in [6.45, 7) is 5.57. The van der Waals surface area contributed by atoms with Gasteiger partial charge >= 0.3 is 0 Å². The van der Waals surface area contributed by atoms with Crippen molar-refractivity contribution in [3.63, 3.8) is 0 Å². The highest BCUT2D eigenvalue weighted by atomic mass is 16.5. The van der Waals surface area contributed by atoms with Gasteiger partial charge in [-0.1, -0.05) is 6.92 Å². The topological polar surface area (TPSA) is 43.4 Å². The molecular weight excluding hydrogens is 216 g/mol. The van der Waals surface area contributed by atoms with Crippen molar-refractivity contribution in [2.75, 3.05) is 20.8 Å². The summed E-state index contributed by atoms with van der Waals surface area (Å²) < 4.78 is 10.4. The van der Waals surface area contributed by atoms with Gasteiger partial charge in [0.25, 0.3) is 0 Å². The number of aromatic nitrogens is 1. The summed E-state index contributed by atoms with van der Waals surface area (Å²) in [6.07, 6.45) is 1.04. The molecule has 0 radical (unpaired) electrons. The Morgan fingerprint density at radius 3 is 2.71 bits per heavy atom. The van der Waals surface area contributed by atoms with Crippen LogP contribution in [0.15, 0.2) is 12.1 Å². The van der Waals surface area contributed by atoms with Gasteiger partial charge in [0, 0.05) is 37.5 Å². The molecule has 0 aliphatic carbocycles. The summed E-state index contributed by atoms with van der Waals surface area (Å²) in [4.78, 5) is 4.46. The van der Waals surface area contributed by atoms with E-state index in [2.05, 4.69) is 17.2 Å². The molecule has 1 atom stereocenters. The van der Waals surface area contributed by atoms with E-state index < -0.39 is 0 Å². The Balaban J connectivity index is 2.58. The second kappa shape index (κ2) is 7.25. The number of pyridine rings is 1.